The highest BCUT2D eigenvalue weighted by Gasteiger charge is 2.23. The van der Waals surface area contributed by atoms with Crippen LogP contribution in [0.25, 0.3) is 0 Å². The summed E-state index contributed by atoms with van der Waals surface area (Å²) in [7, 11) is 0. The van der Waals surface area contributed by atoms with Crippen molar-refractivity contribution in [3.63, 3.8) is 0 Å². The fraction of sp³-hybridized carbons (Fsp3) is 0.455. The van der Waals surface area contributed by atoms with Crippen molar-refractivity contribution < 1.29 is 4.74 Å². The molecule has 2 N–H and O–H groups in total. The Labute approximate surface area is 98.0 Å². The Hall–Kier alpha value is -0.130. The highest BCUT2D eigenvalue weighted by atomic mass is 127. The molecule has 0 unspecified atom stereocenters. The van der Waals surface area contributed by atoms with Crippen LogP contribution in [0.1, 0.15) is 17.9 Å². The molecule has 1 saturated heterocycles. The first-order valence-electron chi connectivity index (χ1n) is 4.86. The summed E-state index contributed by atoms with van der Waals surface area (Å²) < 4.78 is 6.72. The topological polar surface area (TPSA) is 35.2 Å². The van der Waals surface area contributed by atoms with Crippen molar-refractivity contribution in [2.75, 3.05) is 13.2 Å². The van der Waals surface area contributed by atoms with E-state index < -0.39 is 0 Å². The fourth-order valence-electron chi connectivity index (χ4n) is 1.81. The van der Waals surface area contributed by atoms with Gasteiger partial charge in [0.2, 0.25) is 0 Å². The van der Waals surface area contributed by atoms with Gasteiger partial charge in [-0.2, -0.15) is 0 Å². The molecule has 0 spiro atoms. The third-order valence-corrected chi connectivity index (χ3v) is 3.43. The lowest BCUT2D eigenvalue weighted by Gasteiger charge is -2.28. The summed E-state index contributed by atoms with van der Waals surface area (Å²) in [6, 6.07) is 8.81. The summed E-state index contributed by atoms with van der Waals surface area (Å²) in [6.45, 7) is 1.57. The molecule has 1 aromatic carbocycles. The lowest BCUT2D eigenvalue weighted by atomic mass is 9.89. The van der Waals surface area contributed by atoms with E-state index in [2.05, 4.69) is 46.9 Å². The van der Waals surface area contributed by atoms with E-state index in [1.165, 1.54) is 9.13 Å². The minimum atomic E-state index is 0.254. The molecular formula is C11H14INO. The van der Waals surface area contributed by atoms with Gasteiger partial charge in [0.15, 0.2) is 0 Å². The number of rotatable bonds is 1. The summed E-state index contributed by atoms with van der Waals surface area (Å²) in [5.41, 5.74) is 7.37. The number of benzene rings is 1. The third-order valence-electron chi connectivity index (χ3n) is 2.71. The normalized spacial score (nSPS) is 27.6. The van der Waals surface area contributed by atoms with Crippen LogP contribution in [0, 0.1) is 3.57 Å². The van der Waals surface area contributed by atoms with Crippen LogP contribution in [0.2, 0.25) is 0 Å². The van der Waals surface area contributed by atoms with Crippen LogP contribution in [0.3, 0.4) is 0 Å². The van der Waals surface area contributed by atoms with Gasteiger partial charge in [0, 0.05) is 22.1 Å². The summed E-state index contributed by atoms with van der Waals surface area (Å²) in [5, 5.41) is 0. The standard InChI is InChI=1S/C11H14INO/c12-9-3-1-8(2-4-9)10-7-14-6-5-11(10)13/h1-4,10-11H,5-7,13H2/t10-,11+/m1/s1. The Morgan fingerprint density at radius 3 is 2.64 bits per heavy atom. The van der Waals surface area contributed by atoms with Crippen molar-refractivity contribution in [1.82, 2.24) is 0 Å². The molecule has 0 bridgehead atoms. The smallest absolute Gasteiger partial charge is 0.0549 e. The van der Waals surface area contributed by atoms with E-state index in [1.807, 2.05) is 0 Å². The molecule has 1 heterocycles. The van der Waals surface area contributed by atoms with Crippen LogP contribution in [0.4, 0.5) is 0 Å². The van der Waals surface area contributed by atoms with Crippen LogP contribution in [-0.2, 0) is 4.74 Å². The van der Waals surface area contributed by atoms with Crippen molar-refractivity contribution >= 4 is 22.6 Å². The van der Waals surface area contributed by atoms with E-state index in [4.69, 9.17) is 10.5 Å². The predicted octanol–water partition coefficient (Wildman–Crippen LogP) is 2.12. The highest BCUT2D eigenvalue weighted by Crippen LogP contribution is 2.24. The number of hydrogen-bond donors (Lipinski definition) is 1. The van der Waals surface area contributed by atoms with Gasteiger partial charge in [-0.15, -0.1) is 0 Å². The van der Waals surface area contributed by atoms with Crippen molar-refractivity contribution in [3.05, 3.63) is 33.4 Å². The maximum absolute atomic E-state index is 6.07. The second kappa shape index (κ2) is 4.59. The molecule has 76 valence electrons. The van der Waals surface area contributed by atoms with Gasteiger partial charge in [0.25, 0.3) is 0 Å². The van der Waals surface area contributed by atoms with Gasteiger partial charge >= 0.3 is 0 Å². The number of halogens is 1. The maximum atomic E-state index is 6.07. The SMILES string of the molecule is N[C@H]1CCOC[C@@H]1c1ccc(I)cc1. The molecule has 1 aliphatic heterocycles. The zero-order valence-electron chi connectivity index (χ0n) is 7.95. The minimum absolute atomic E-state index is 0.254. The van der Waals surface area contributed by atoms with Crippen LogP contribution in [0.5, 0.6) is 0 Å². The molecule has 0 amide bonds. The molecule has 1 fully saturated rings. The largest absolute Gasteiger partial charge is 0.381 e. The van der Waals surface area contributed by atoms with Gasteiger partial charge in [0.1, 0.15) is 0 Å². The van der Waals surface area contributed by atoms with Crippen LogP contribution < -0.4 is 5.73 Å². The number of hydrogen-bond acceptors (Lipinski definition) is 2. The molecule has 0 saturated carbocycles. The quantitative estimate of drug-likeness (QED) is 0.807. The first kappa shape index (κ1) is 10.4. The molecule has 2 atom stereocenters. The second-order valence-electron chi connectivity index (χ2n) is 3.69. The summed E-state index contributed by atoms with van der Waals surface area (Å²) >= 11 is 2.31. The van der Waals surface area contributed by atoms with E-state index in [9.17, 15) is 0 Å². The Morgan fingerprint density at radius 2 is 2.00 bits per heavy atom. The van der Waals surface area contributed by atoms with E-state index >= 15 is 0 Å². The first-order valence-corrected chi connectivity index (χ1v) is 5.94. The molecule has 0 radical (unpaired) electrons. The Kier molecular flexibility index (Phi) is 3.41. The molecule has 0 aromatic heterocycles. The molecule has 2 rings (SSSR count). The summed E-state index contributed by atoms with van der Waals surface area (Å²) in [5.74, 6) is 0.376. The Bertz CT molecular complexity index is 299. The van der Waals surface area contributed by atoms with Gasteiger partial charge < -0.3 is 10.5 Å². The average molecular weight is 303 g/mol. The van der Waals surface area contributed by atoms with Gasteiger partial charge in [0.05, 0.1) is 6.61 Å². The zero-order chi connectivity index (χ0) is 9.97. The number of ether oxygens (including phenoxy) is 1. The monoisotopic (exact) mass is 303 g/mol. The molecule has 3 heteroatoms. The van der Waals surface area contributed by atoms with Gasteiger partial charge in [-0.3, -0.25) is 0 Å². The van der Waals surface area contributed by atoms with Crippen molar-refractivity contribution in [2.24, 2.45) is 5.73 Å². The van der Waals surface area contributed by atoms with E-state index in [0.29, 0.717) is 5.92 Å². The Balaban J connectivity index is 2.16. The zero-order valence-corrected chi connectivity index (χ0v) is 10.1. The van der Waals surface area contributed by atoms with Crippen molar-refractivity contribution in [2.45, 2.75) is 18.4 Å². The van der Waals surface area contributed by atoms with E-state index in [0.717, 1.165) is 19.6 Å². The molecule has 1 aromatic rings. The van der Waals surface area contributed by atoms with E-state index in [-0.39, 0.29) is 6.04 Å². The van der Waals surface area contributed by atoms with Gasteiger partial charge in [-0.1, -0.05) is 12.1 Å². The third kappa shape index (κ3) is 2.27. The molecule has 14 heavy (non-hydrogen) atoms. The second-order valence-corrected chi connectivity index (χ2v) is 4.93. The van der Waals surface area contributed by atoms with Crippen molar-refractivity contribution in [3.8, 4) is 0 Å². The van der Waals surface area contributed by atoms with Crippen LogP contribution in [-0.4, -0.2) is 19.3 Å². The van der Waals surface area contributed by atoms with Crippen molar-refractivity contribution in [1.29, 1.82) is 0 Å². The molecule has 1 aliphatic rings. The maximum Gasteiger partial charge on any atom is 0.0549 e. The van der Waals surface area contributed by atoms with Crippen LogP contribution in [0.15, 0.2) is 24.3 Å². The highest BCUT2D eigenvalue weighted by molar-refractivity contribution is 14.1. The Morgan fingerprint density at radius 1 is 1.29 bits per heavy atom. The number of nitrogens with two attached hydrogens (primary N) is 1. The fourth-order valence-corrected chi connectivity index (χ4v) is 2.17. The average Bonchev–Trinajstić information content (AvgIpc) is 2.20. The first-order chi connectivity index (χ1) is 6.77. The lowest BCUT2D eigenvalue weighted by molar-refractivity contribution is 0.0691. The summed E-state index contributed by atoms with van der Waals surface area (Å²) in [6.07, 6.45) is 0.969. The minimum Gasteiger partial charge on any atom is -0.381 e. The molecular weight excluding hydrogens is 289 g/mol. The summed E-state index contributed by atoms with van der Waals surface area (Å²) in [4.78, 5) is 0. The predicted molar refractivity (Wildman–Crippen MR) is 65.3 cm³/mol. The molecule has 0 aliphatic carbocycles. The molecule has 2 nitrogen and oxygen atoms in total. The van der Waals surface area contributed by atoms with Gasteiger partial charge in [-0.25, -0.2) is 0 Å². The lowest BCUT2D eigenvalue weighted by Crippen LogP contribution is -2.36. The van der Waals surface area contributed by atoms with Gasteiger partial charge in [-0.05, 0) is 46.7 Å². The van der Waals surface area contributed by atoms with Crippen LogP contribution >= 0.6 is 22.6 Å². The van der Waals surface area contributed by atoms with E-state index in [1.54, 1.807) is 0 Å².